The number of carbonyl (C=O) groups is 1. The molecule has 0 aliphatic carbocycles. The summed E-state index contributed by atoms with van der Waals surface area (Å²) >= 11 is 3.40. The summed E-state index contributed by atoms with van der Waals surface area (Å²) in [4.78, 5) is 14.8. The topological polar surface area (TPSA) is 47.6 Å². The molecule has 0 saturated carbocycles. The van der Waals surface area contributed by atoms with Crippen LogP contribution in [-0.4, -0.2) is 26.2 Å². The molecular weight excluding hydrogens is 378 g/mol. The van der Waals surface area contributed by atoms with Crippen molar-refractivity contribution in [2.24, 2.45) is 0 Å². The van der Waals surface area contributed by atoms with Crippen molar-refractivity contribution in [1.82, 2.24) is 5.32 Å². The number of hydrogen-bond donors (Lipinski definition) is 1. The number of carbonyl (C=O) groups excluding carboxylic acids is 1. The standard InChI is InChI=1S/C21H21NO3S2/c1-24-16-6-4-7-17(14-16)25-12-11-22-21(23)19-9-2-3-10-20(19)27-15-18-8-5-13-26-18/h2-10,13-14H,11-12,15H2,1H3,(H,22,23). The summed E-state index contributed by atoms with van der Waals surface area (Å²) in [6, 6.07) is 19.2. The molecular formula is C21H21NO3S2. The van der Waals surface area contributed by atoms with Crippen LogP contribution in [0.5, 0.6) is 11.5 Å². The molecule has 0 fully saturated rings. The van der Waals surface area contributed by atoms with Crippen LogP contribution < -0.4 is 14.8 Å². The lowest BCUT2D eigenvalue weighted by atomic mass is 10.2. The summed E-state index contributed by atoms with van der Waals surface area (Å²) in [5, 5.41) is 4.99. The quantitative estimate of drug-likeness (QED) is 0.412. The van der Waals surface area contributed by atoms with E-state index < -0.39 is 0 Å². The van der Waals surface area contributed by atoms with Crippen molar-refractivity contribution in [3.8, 4) is 11.5 Å². The number of hydrogen-bond acceptors (Lipinski definition) is 5. The van der Waals surface area contributed by atoms with Crippen LogP contribution in [-0.2, 0) is 5.75 Å². The number of amides is 1. The third-order valence-corrected chi connectivity index (χ3v) is 5.96. The summed E-state index contributed by atoms with van der Waals surface area (Å²) in [7, 11) is 1.62. The highest BCUT2D eigenvalue weighted by molar-refractivity contribution is 7.98. The summed E-state index contributed by atoms with van der Waals surface area (Å²) in [6.07, 6.45) is 0. The highest BCUT2D eigenvalue weighted by atomic mass is 32.2. The lowest BCUT2D eigenvalue weighted by Crippen LogP contribution is -2.28. The van der Waals surface area contributed by atoms with Gasteiger partial charge in [-0.15, -0.1) is 23.1 Å². The Hall–Kier alpha value is -2.44. The van der Waals surface area contributed by atoms with E-state index in [1.54, 1.807) is 30.2 Å². The maximum absolute atomic E-state index is 12.5. The molecule has 0 atom stereocenters. The van der Waals surface area contributed by atoms with Gasteiger partial charge in [-0.05, 0) is 35.7 Å². The molecule has 3 rings (SSSR count). The minimum Gasteiger partial charge on any atom is -0.497 e. The van der Waals surface area contributed by atoms with Crippen LogP contribution in [0.15, 0.2) is 70.9 Å². The molecule has 4 nitrogen and oxygen atoms in total. The molecule has 0 radical (unpaired) electrons. The summed E-state index contributed by atoms with van der Waals surface area (Å²) in [5.74, 6) is 2.24. The fraction of sp³-hybridized carbons (Fsp3) is 0.190. The van der Waals surface area contributed by atoms with Crippen LogP contribution in [0.3, 0.4) is 0 Å². The molecule has 1 aromatic heterocycles. The Morgan fingerprint density at radius 2 is 1.93 bits per heavy atom. The first-order valence-electron chi connectivity index (χ1n) is 8.55. The summed E-state index contributed by atoms with van der Waals surface area (Å²) in [5.41, 5.74) is 0.695. The van der Waals surface area contributed by atoms with Gasteiger partial charge < -0.3 is 14.8 Å². The van der Waals surface area contributed by atoms with Crippen molar-refractivity contribution in [2.45, 2.75) is 10.6 Å². The van der Waals surface area contributed by atoms with E-state index in [9.17, 15) is 4.79 Å². The monoisotopic (exact) mass is 399 g/mol. The number of ether oxygens (including phenoxy) is 2. The minimum atomic E-state index is -0.0847. The molecule has 0 bridgehead atoms. The molecule has 3 aromatic rings. The molecule has 2 aromatic carbocycles. The molecule has 0 saturated heterocycles. The normalized spacial score (nSPS) is 10.4. The average molecular weight is 400 g/mol. The van der Waals surface area contributed by atoms with E-state index in [0.717, 1.165) is 22.1 Å². The van der Waals surface area contributed by atoms with Crippen LogP contribution in [0.25, 0.3) is 0 Å². The number of benzene rings is 2. The maximum atomic E-state index is 12.5. The van der Waals surface area contributed by atoms with Crippen LogP contribution >= 0.6 is 23.1 Å². The Morgan fingerprint density at radius 1 is 1.07 bits per heavy atom. The van der Waals surface area contributed by atoms with E-state index in [0.29, 0.717) is 18.7 Å². The first-order chi connectivity index (χ1) is 13.3. The zero-order chi connectivity index (χ0) is 18.9. The first-order valence-corrected chi connectivity index (χ1v) is 10.4. The van der Waals surface area contributed by atoms with Gasteiger partial charge in [0.05, 0.1) is 19.2 Å². The van der Waals surface area contributed by atoms with Crippen molar-refractivity contribution in [2.75, 3.05) is 20.3 Å². The van der Waals surface area contributed by atoms with Gasteiger partial charge in [0.1, 0.15) is 18.1 Å². The number of rotatable bonds is 9. The van der Waals surface area contributed by atoms with Gasteiger partial charge in [0, 0.05) is 21.6 Å². The zero-order valence-corrected chi connectivity index (χ0v) is 16.6. The number of thioether (sulfide) groups is 1. The van der Waals surface area contributed by atoms with Gasteiger partial charge >= 0.3 is 0 Å². The Labute approximate surface area is 167 Å². The summed E-state index contributed by atoms with van der Waals surface area (Å²) < 4.78 is 10.8. The van der Waals surface area contributed by atoms with Crippen molar-refractivity contribution >= 4 is 29.0 Å². The third kappa shape index (κ3) is 5.77. The first kappa shape index (κ1) is 19.3. The van der Waals surface area contributed by atoms with Gasteiger partial charge in [-0.1, -0.05) is 24.3 Å². The molecule has 27 heavy (non-hydrogen) atoms. The van der Waals surface area contributed by atoms with E-state index in [1.807, 2.05) is 54.6 Å². The van der Waals surface area contributed by atoms with Gasteiger partial charge in [0.15, 0.2) is 0 Å². The molecule has 0 spiro atoms. The Balaban J connectivity index is 1.50. The van der Waals surface area contributed by atoms with Crippen molar-refractivity contribution in [1.29, 1.82) is 0 Å². The lowest BCUT2D eigenvalue weighted by molar-refractivity contribution is 0.0944. The smallest absolute Gasteiger partial charge is 0.252 e. The number of nitrogens with one attached hydrogen (secondary N) is 1. The number of thiophene rings is 1. The van der Waals surface area contributed by atoms with E-state index in [2.05, 4.69) is 16.8 Å². The maximum Gasteiger partial charge on any atom is 0.252 e. The predicted octanol–water partition coefficient (Wildman–Crippen LogP) is 4.86. The fourth-order valence-electron chi connectivity index (χ4n) is 2.44. The Morgan fingerprint density at radius 3 is 2.74 bits per heavy atom. The lowest BCUT2D eigenvalue weighted by Gasteiger charge is -2.11. The second-order valence-corrected chi connectivity index (χ2v) is 7.70. The average Bonchev–Trinajstić information content (AvgIpc) is 3.23. The Bertz CT molecular complexity index is 865. The Kier molecular flexibility index (Phi) is 7.19. The van der Waals surface area contributed by atoms with Crippen molar-refractivity contribution < 1.29 is 14.3 Å². The second-order valence-electron chi connectivity index (χ2n) is 5.65. The number of methoxy groups -OCH3 is 1. The van der Waals surface area contributed by atoms with E-state index >= 15 is 0 Å². The molecule has 1 heterocycles. The van der Waals surface area contributed by atoms with Gasteiger partial charge in [-0.2, -0.15) is 0 Å². The molecule has 6 heteroatoms. The second kappa shape index (κ2) is 10.0. The minimum absolute atomic E-state index is 0.0847. The van der Waals surface area contributed by atoms with Gasteiger partial charge in [-0.3, -0.25) is 4.79 Å². The van der Waals surface area contributed by atoms with E-state index in [4.69, 9.17) is 9.47 Å². The molecule has 0 aliphatic rings. The van der Waals surface area contributed by atoms with Gasteiger partial charge in [0.2, 0.25) is 0 Å². The SMILES string of the molecule is COc1cccc(OCCNC(=O)c2ccccc2SCc2cccs2)c1. The highest BCUT2D eigenvalue weighted by Gasteiger charge is 2.11. The van der Waals surface area contributed by atoms with Crippen LogP contribution in [0.4, 0.5) is 0 Å². The van der Waals surface area contributed by atoms with Crippen LogP contribution in [0, 0.1) is 0 Å². The predicted molar refractivity (Wildman–Crippen MR) is 111 cm³/mol. The van der Waals surface area contributed by atoms with Crippen molar-refractivity contribution in [3.05, 3.63) is 76.5 Å². The van der Waals surface area contributed by atoms with E-state index in [1.165, 1.54) is 4.88 Å². The molecule has 0 aliphatic heterocycles. The van der Waals surface area contributed by atoms with Crippen LogP contribution in [0.2, 0.25) is 0 Å². The zero-order valence-electron chi connectivity index (χ0n) is 15.0. The largest absolute Gasteiger partial charge is 0.497 e. The van der Waals surface area contributed by atoms with Crippen LogP contribution in [0.1, 0.15) is 15.2 Å². The fourth-order valence-corrected chi connectivity index (χ4v) is 4.27. The van der Waals surface area contributed by atoms with Crippen molar-refractivity contribution in [3.63, 3.8) is 0 Å². The van der Waals surface area contributed by atoms with Gasteiger partial charge in [0.25, 0.3) is 5.91 Å². The van der Waals surface area contributed by atoms with E-state index in [-0.39, 0.29) is 5.91 Å². The third-order valence-electron chi connectivity index (χ3n) is 3.78. The van der Waals surface area contributed by atoms with Gasteiger partial charge in [-0.25, -0.2) is 0 Å². The highest BCUT2D eigenvalue weighted by Crippen LogP contribution is 2.28. The molecule has 0 unspecified atom stereocenters. The molecule has 140 valence electrons. The summed E-state index contributed by atoms with van der Waals surface area (Å²) in [6.45, 7) is 0.823. The molecule has 1 amide bonds. The molecule has 1 N–H and O–H groups in total.